The molecule has 1 saturated carbocycles. The first-order valence-electron chi connectivity index (χ1n) is 6.24. The Labute approximate surface area is 110 Å². The summed E-state index contributed by atoms with van der Waals surface area (Å²) in [5, 5.41) is 28.8. The van der Waals surface area contributed by atoms with Gasteiger partial charge in [-0.05, 0) is 27.2 Å². The molecule has 19 heavy (non-hydrogen) atoms. The molecule has 7 heteroatoms. The van der Waals surface area contributed by atoms with Crippen LogP contribution in [0.2, 0.25) is 0 Å². The van der Waals surface area contributed by atoms with E-state index in [4.69, 9.17) is 4.74 Å². The molecule has 1 heterocycles. The molecular weight excluding hydrogens is 254 g/mol. The molecule has 0 radical (unpaired) electrons. The molecule has 2 fully saturated rings. The maximum atomic E-state index is 12.1. The third kappa shape index (κ3) is 2.28. The monoisotopic (exact) mass is 273 g/mol. The van der Waals surface area contributed by atoms with Crippen molar-refractivity contribution in [2.24, 2.45) is 5.92 Å². The van der Waals surface area contributed by atoms with E-state index in [2.05, 4.69) is 0 Å². The maximum Gasteiger partial charge on any atom is 0.411 e. The normalized spacial score (nSPS) is 37.5. The highest BCUT2D eigenvalue weighted by Crippen LogP contribution is 2.43. The highest BCUT2D eigenvalue weighted by molar-refractivity contribution is 5.82. The van der Waals surface area contributed by atoms with Crippen LogP contribution in [-0.4, -0.2) is 62.2 Å². The summed E-state index contributed by atoms with van der Waals surface area (Å²) in [7, 11) is 0. The van der Waals surface area contributed by atoms with Gasteiger partial charge in [0.25, 0.3) is 0 Å². The molecule has 0 aromatic carbocycles. The van der Waals surface area contributed by atoms with Crippen LogP contribution in [0, 0.1) is 5.92 Å². The first-order valence-corrected chi connectivity index (χ1v) is 6.24. The number of carbonyl (C=O) groups is 2. The van der Waals surface area contributed by atoms with E-state index >= 15 is 0 Å². The Bertz CT molecular complexity index is 404. The van der Waals surface area contributed by atoms with Crippen molar-refractivity contribution < 1.29 is 29.6 Å². The molecule has 2 aliphatic rings. The van der Waals surface area contributed by atoms with E-state index < -0.39 is 47.9 Å². The van der Waals surface area contributed by atoms with Gasteiger partial charge in [-0.3, -0.25) is 4.90 Å². The van der Waals surface area contributed by atoms with Gasteiger partial charge in [-0.1, -0.05) is 0 Å². The van der Waals surface area contributed by atoms with Crippen molar-refractivity contribution in [1.29, 1.82) is 0 Å². The van der Waals surface area contributed by atoms with Crippen molar-refractivity contribution in [2.45, 2.75) is 57.1 Å². The molecule has 1 saturated heterocycles. The van der Waals surface area contributed by atoms with E-state index in [0.29, 0.717) is 0 Å². The molecule has 0 aromatic rings. The van der Waals surface area contributed by atoms with Gasteiger partial charge in [-0.15, -0.1) is 0 Å². The average molecular weight is 273 g/mol. The smallest absolute Gasteiger partial charge is 0.411 e. The predicted octanol–water partition coefficient (Wildman–Crippen LogP) is -0.199. The van der Waals surface area contributed by atoms with E-state index in [9.17, 15) is 24.9 Å². The first kappa shape index (κ1) is 14.1. The van der Waals surface area contributed by atoms with E-state index in [0.717, 1.165) is 4.90 Å². The lowest BCUT2D eigenvalue weighted by Crippen LogP contribution is -2.59. The molecule has 0 aromatic heterocycles. The standard InChI is InChI=1S/C12H19NO6/c1-12(2,3)19-11(18)13-6-4-5(7(13)10(16)17)8(14)9(6)15/h5-9,14-15H,4H2,1-3H3,(H,16,17). The number of carbonyl (C=O) groups excluding carboxylic acids is 1. The van der Waals surface area contributed by atoms with E-state index in [1.807, 2.05) is 0 Å². The second-order valence-corrected chi connectivity index (χ2v) is 6.12. The second-order valence-electron chi connectivity index (χ2n) is 6.12. The summed E-state index contributed by atoms with van der Waals surface area (Å²) in [6, 6.07) is -1.84. The summed E-state index contributed by atoms with van der Waals surface area (Å²) in [5.74, 6) is -1.84. The van der Waals surface area contributed by atoms with Crippen LogP contribution in [0.5, 0.6) is 0 Å². The zero-order valence-corrected chi connectivity index (χ0v) is 11.1. The van der Waals surface area contributed by atoms with Crippen molar-refractivity contribution in [3.8, 4) is 0 Å². The summed E-state index contributed by atoms with van der Waals surface area (Å²) in [4.78, 5) is 24.4. The number of piperidine rings is 1. The number of ether oxygens (including phenoxy) is 1. The number of amides is 1. The number of aliphatic hydroxyl groups is 2. The molecule has 5 unspecified atom stereocenters. The van der Waals surface area contributed by atoms with Crippen LogP contribution in [0.25, 0.3) is 0 Å². The number of fused-ring (bicyclic) bond motifs is 2. The molecule has 7 nitrogen and oxygen atoms in total. The molecule has 2 rings (SSSR count). The first-order chi connectivity index (χ1) is 8.63. The van der Waals surface area contributed by atoms with Gasteiger partial charge in [-0.2, -0.15) is 0 Å². The zero-order valence-electron chi connectivity index (χ0n) is 11.1. The fourth-order valence-electron chi connectivity index (χ4n) is 2.91. The highest BCUT2D eigenvalue weighted by atomic mass is 16.6. The number of carboxylic acids is 1. The maximum absolute atomic E-state index is 12.1. The quantitative estimate of drug-likeness (QED) is 0.611. The van der Waals surface area contributed by atoms with Crippen LogP contribution in [0.1, 0.15) is 27.2 Å². The molecule has 3 N–H and O–H groups in total. The SMILES string of the molecule is CC(C)(C)OC(=O)N1C2CC(C(O)C2O)C1C(=O)O. The number of hydrogen-bond donors (Lipinski definition) is 3. The van der Waals surface area contributed by atoms with Gasteiger partial charge in [0.1, 0.15) is 17.7 Å². The van der Waals surface area contributed by atoms with E-state index in [1.165, 1.54) is 0 Å². The fraction of sp³-hybridized carbons (Fsp3) is 0.833. The molecule has 0 spiro atoms. The summed E-state index contributed by atoms with van der Waals surface area (Å²) < 4.78 is 5.17. The number of rotatable bonds is 1. The number of nitrogens with zero attached hydrogens (tertiary/aromatic N) is 1. The van der Waals surface area contributed by atoms with Crippen LogP contribution in [0.15, 0.2) is 0 Å². The van der Waals surface area contributed by atoms with Crippen molar-refractivity contribution >= 4 is 12.1 Å². The zero-order chi connectivity index (χ0) is 14.5. The lowest BCUT2D eigenvalue weighted by molar-refractivity contribution is -0.151. The lowest BCUT2D eigenvalue weighted by atomic mass is 9.95. The minimum atomic E-state index is -1.19. The predicted molar refractivity (Wildman–Crippen MR) is 63.4 cm³/mol. The minimum Gasteiger partial charge on any atom is -0.480 e. The van der Waals surface area contributed by atoms with Crippen molar-refractivity contribution in [1.82, 2.24) is 4.90 Å². The summed E-state index contributed by atoms with van der Waals surface area (Å²) in [6.45, 7) is 5.04. The van der Waals surface area contributed by atoms with Crippen LogP contribution < -0.4 is 0 Å². The fourth-order valence-corrected chi connectivity index (χ4v) is 2.91. The van der Waals surface area contributed by atoms with Gasteiger partial charge in [0.2, 0.25) is 0 Å². The third-order valence-electron chi connectivity index (χ3n) is 3.62. The Balaban J connectivity index is 2.23. The topological polar surface area (TPSA) is 107 Å². The summed E-state index contributed by atoms with van der Waals surface area (Å²) in [6.07, 6.45) is -2.71. The number of likely N-dealkylation sites (tertiary alicyclic amines) is 1. The molecule has 5 atom stereocenters. The van der Waals surface area contributed by atoms with Crippen LogP contribution in [-0.2, 0) is 9.53 Å². The van der Waals surface area contributed by atoms with Gasteiger partial charge in [0.15, 0.2) is 0 Å². The van der Waals surface area contributed by atoms with Gasteiger partial charge in [0.05, 0.1) is 12.1 Å². The van der Waals surface area contributed by atoms with Gasteiger partial charge in [0, 0.05) is 5.92 Å². The van der Waals surface area contributed by atoms with Gasteiger partial charge >= 0.3 is 12.1 Å². The highest BCUT2D eigenvalue weighted by Gasteiger charge is 2.61. The largest absolute Gasteiger partial charge is 0.480 e. The molecular formula is C12H19NO6. The van der Waals surface area contributed by atoms with Crippen molar-refractivity contribution in [2.75, 3.05) is 0 Å². The Morgan fingerprint density at radius 2 is 1.79 bits per heavy atom. The number of aliphatic hydroxyl groups excluding tert-OH is 2. The Kier molecular flexibility index (Phi) is 3.22. The molecule has 2 bridgehead atoms. The number of hydrogen-bond acceptors (Lipinski definition) is 5. The Morgan fingerprint density at radius 3 is 2.26 bits per heavy atom. The summed E-state index contributed by atoms with van der Waals surface area (Å²) in [5.41, 5.74) is -0.745. The molecule has 1 aliphatic carbocycles. The Morgan fingerprint density at radius 1 is 1.21 bits per heavy atom. The van der Waals surface area contributed by atoms with Crippen LogP contribution in [0.4, 0.5) is 4.79 Å². The van der Waals surface area contributed by atoms with Gasteiger partial charge < -0.3 is 20.1 Å². The van der Waals surface area contributed by atoms with Gasteiger partial charge in [-0.25, -0.2) is 9.59 Å². The second kappa shape index (κ2) is 4.35. The van der Waals surface area contributed by atoms with Crippen molar-refractivity contribution in [3.63, 3.8) is 0 Å². The van der Waals surface area contributed by atoms with Crippen molar-refractivity contribution in [3.05, 3.63) is 0 Å². The molecule has 1 amide bonds. The minimum absolute atomic E-state index is 0.276. The lowest BCUT2D eigenvalue weighted by Gasteiger charge is -2.38. The summed E-state index contributed by atoms with van der Waals surface area (Å²) >= 11 is 0. The third-order valence-corrected chi connectivity index (χ3v) is 3.62. The molecule has 108 valence electrons. The van der Waals surface area contributed by atoms with E-state index in [1.54, 1.807) is 20.8 Å². The number of carboxylic acid groups (broad SMARTS) is 1. The van der Waals surface area contributed by atoms with Crippen LogP contribution >= 0.6 is 0 Å². The molecule has 1 aliphatic heterocycles. The Hall–Kier alpha value is -1.34. The average Bonchev–Trinajstić information content (AvgIpc) is 2.74. The number of aliphatic carboxylic acids is 1. The van der Waals surface area contributed by atoms with Crippen LogP contribution in [0.3, 0.4) is 0 Å². The van der Waals surface area contributed by atoms with E-state index in [-0.39, 0.29) is 6.42 Å².